The van der Waals surface area contributed by atoms with Crippen LogP contribution in [-0.2, 0) is 5.41 Å². The Morgan fingerprint density at radius 1 is 1.16 bits per heavy atom. The number of halogens is 1. The molecule has 3 N–H and O–H groups in total. The summed E-state index contributed by atoms with van der Waals surface area (Å²) in [5.41, 5.74) is 9.99. The number of nitrogens with two attached hydrogens (primary N) is 1. The fourth-order valence-electron chi connectivity index (χ4n) is 5.18. The van der Waals surface area contributed by atoms with Crippen molar-refractivity contribution in [3.05, 3.63) is 57.9 Å². The van der Waals surface area contributed by atoms with Gasteiger partial charge in [0.15, 0.2) is 0 Å². The van der Waals surface area contributed by atoms with Gasteiger partial charge in [-0.05, 0) is 81.9 Å². The van der Waals surface area contributed by atoms with Crippen LogP contribution < -0.4 is 5.73 Å². The molecule has 3 aliphatic rings. The summed E-state index contributed by atoms with van der Waals surface area (Å²) in [5.74, 6) is 6.57. The molecule has 0 radical (unpaired) electrons. The van der Waals surface area contributed by atoms with Gasteiger partial charge in [0.05, 0.1) is 16.9 Å². The largest absolute Gasteiger partial charge is 0.378 e. The van der Waals surface area contributed by atoms with Gasteiger partial charge in [-0.2, -0.15) is 0 Å². The van der Waals surface area contributed by atoms with Crippen LogP contribution in [0.25, 0.3) is 5.57 Å². The van der Waals surface area contributed by atoms with Crippen LogP contribution >= 0.6 is 11.6 Å². The molecule has 160 valence electrons. The lowest BCUT2D eigenvalue weighted by Crippen LogP contribution is -2.38. The van der Waals surface area contributed by atoms with Gasteiger partial charge in [0.25, 0.3) is 0 Å². The molecule has 2 aromatic rings. The number of hydrogen-bond acceptors (Lipinski definition) is 5. The highest BCUT2D eigenvalue weighted by atomic mass is 35.5. The van der Waals surface area contributed by atoms with Crippen LogP contribution in [0, 0.1) is 11.8 Å². The van der Waals surface area contributed by atoms with Crippen molar-refractivity contribution in [2.45, 2.75) is 49.5 Å². The van der Waals surface area contributed by atoms with Crippen molar-refractivity contribution < 1.29 is 5.11 Å². The van der Waals surface area contributed by atoms with Crippen molar-refractivity contribution in [1.29, 1.82) is 0 Å². The first-order valence-electron chi connectivity index (χ1n) is 11.0. The second-order valence-electron chi connectivity index (χ2n) is 9.19. The number of fused-ring (bicyclic) bond motifs is 2. The van der Waals surface area contributed by atoms with Gasteiger partial charge in [0, 0.05) is 16.6 Å². The second-order valence-corrected chi connectivity index (χ2v) is 9.60. The van der Waals surface area contributed by atoms with Gasteiger partial charge in [-0.25, -0.2) is 9.97 Å². The van der Waals surface area contributed by atoms with Gasteiger partial charge in [0.2, 0.25) is 5.95 Å². The Balaban J connectivity index is 1.61. The fourth-order valence-corrected chi connectivity index (χ4v) is 5.37. The van der Waals surface area contributed by atoms with E-state index in [1.807, 2.05) is 0 Å². The number of benzene rings is 1. The third kappa shape index (κ3) is 3.74. The molecule has 5 rings (SSSR count). The van der Waals surface area contributed by atoms with Crippen molar-refractivity contribution in [1.82, 2.24) is 14.9 Å². The van der Waals surface area contributed by atoms with Crippen molar-refractivity contribution in [2.24, 2.45) is 0 Å². The maximum atomic E-state index is 10.6. The lowest BCUT2D eigenvalue weighted by molar-refractivity contribution is 0.110. The second kappa shape index (κ2) is 7.63. The molecule has 6 heteroatoms. The Hall–Kier alpha value is -2.39. The van der Waals surface area contributed by atoms with E-state index in [4.69, 9.17) is 17.3 Å². The van der Waals surface area contributed by atoms with Crippen molar-refractivity contribution >= 4 is 23.1 Å². The van der Waals surface area contributed by atoms with Crippen LogP contribution in [0.4, 0.5) is 5.95 Å². The lowest BCUT2D eigenvalue weighted by Gasteiger charge is -2.37. The van der Waals surface area contributed by atoms with Gasteiger partial charge in [-0.1, -0.05) is 35.6 Å². The summed E-state index contributed by atoms with van der Waals surface area (Å²) in [5, 5.41) is 11.1. The van der Waals surface area contributed by atoms with E-state index in [0.29, 0.717) is 10.7 Å². The number of allylic oxidation sites excluding steroid dienone is 1. The number of aliphatic hydroxyl groups is 1. The van der Waals surface area contributed by atoms with Gasteiger partial charge in [-0.15, -0.1) is 0 Å². The molecule has 1 aromatic carbocycles. The third-order valence-corrected chi connectivity index (χ3v) is 7.31. The summed E-state index contributed by atoms with van der Waals surface area (Å²) in [6, 6.07) is 6.40. The van der Waals surface area contributed by atoms with Crippen LogP contribution in [0.3, 0.4) is 0 Å². The first-order valence-corrected chi connectivity index (χ1v) is 11.4. The third-order valence-electron chi connectivity index (χ3n) is 7.03. The van der Waals surface area contributed by atoms with Crippen LogP contribution in [0.1, 0.15) is 60.9 Å². The maximum absolute atomic E-state index is 10.6. The predicted octanol–water partition coefficient (Wildman–Crippen LogP) is 3.78. The van der Waals surface area contributed by atoms with Crippen molar-refractivity contribution in [3.63, 3.8) is 0 Å². The van der Waals surface area contributed by atoms with E-state index in [1.54, 1.807) is 6.20 Å². The molecule has 0 amide bonds. The topological polar surface area (TPSA) is 75.3 Å². The van der Waals surface area contributed by atoms with Crippen molar-refractivity contribution in [3.8, 4) is 11.8 Å². The lowest BCUT2D eigenvalue weighted by atomic mass is 9.74. The molecule has 2 aliphatic carbocycles. The van der Waals surface area contributed by atoms with Gasteiger partial charge >= 0.3 is 0 Å². The van der Waals surface area contributed by atoms with E-state index < -0.39 is 5.60 Å². The first kappa shape index (κ1) is 20.5. The molecule has 0 atom stereocenters. The minimum atomic E-state index is -0.850. The molecule has 0 unspecified atom stereocenters. The van der Waals surface area contributed by atoms with E-state index in [-0.39, 0.29) is 11.4 Å². The highest BCUT2D eigenvalue weighted by Gasteiger charge is 2.41. The highest BCUT2D eigenvalue weighted by molar-refractivity contribution is 6.32. The average Bonchev–Trinajstić information content (AvgIpc) is 3.33. The zero-order chi connectivity index (χ0) is 21.6. The minimum absolute atomic E-state index is 0.0319. The summed E-state index contributed by atoms with van der Waals surface area (Å²) >= 11 is 6.51. The minimum Gasteiger partial charge on any atom is -0.378 e. The van der Waals surface area contributed by atoms with E-state index in [2.05, 4.69) is 58.0 Å². The standard InChI is InChI=1S/C25H27ClN4O/c1-30-12-10-24(11-13-30)15-19(22-21(26)16-28-23(27)29-22)18-14-17(4-5-20(18)24)6-9-25(31)7-2-3-8-25/h4-5,14-16,31H,2-3,7-8,10-13H2,1H3,(H2,27,28,29). The Labute approximate surface area is 188 Å². The molecule has 1 aliphatic heterocycles. The summed E-state index contributed by atoms with van der Waals surface area (Å²) in [7, 11) is 2.17. The SMILES string of the molecule is CN1CCC2(C=C(c3nc(N)ncc3Cl)c3cc(C#CC4(O)CCCC4)ccc32)CC1. The zero-order valence-electron chi connectivity index (χ0n) is 17.8. The summed E-state index contributed by atoms with van der Waals surface area (Å²) in [6.45, 7) is 2.08. The molecular weight excluding hydrogens is 408 g/mol. The Bertz CT molecular complexity index is 1120. The molecule has 2 heterocycles. The molecule has 1 aromatic heterocycles. The Kier molecular flexibility index (Phi) is 5.05. The number of aromatic nitrogens is 2. The number of anilines is 1. The molecule has 5 nitrogen and oxygen atoms in total. The number of hydrogen-bond donors (Lipinski definition) is 2. The molecule has 0 bridgehead atoms. The molecule has 1 saturated carbocycles. The number of rotatable bonds is 1. The first-order chi connectivity index (χ1) is 14.9. The Morgan fingerprint density at radius 3 is 2.65 bits per heavy atom. The van der Waals surface area contributed by atoms with Crippen LogP contribution in [0.2, 0.25) is 5.02 Å². The highest BCUT2D eigenvalue weighted by Crippen LogP contribution is 2.49. The van der Waals surface area contributed by atoms with E-state index in [9.17, 15) is 5.11 Å². The molecule has 1 spiro atoms. The van der Waals surface area contributed by atoms with E-state index in [0.717, 1.165) is 68.3 Å². The number of nitrogen functional groups attached to an aromatic ring is 1. The molecule has 2 fully saturated rings. The molecular formula is C25H27ClN4O. The zero-order valence-corrected chi connectivity index (χ0v) is 18.5. The fraction of sp³-hybridized carbons (Fsp3) is 0.440. The monoisotopic (exact) mass is 434 g/mol. The van der Waals surface area contributed by atoms with Crippen LogP contribution in [0.15, 0.2) is 30.5 Å². The average molecular weight is 435 g/mol. The van der Waals surface area contributed by atoms with E-state index in [1.165, 1.54) is 5.56 Å². The maximum Gasteiger partial charge on any atom is 0.220 e. The van der Waals surface area contributed by atoms with E-state index >= 15 is 0 Å². The van der Waals surface area contributed by atoms with Crippen LogP contribution in [0.5, 0.6) is 0 Å². The summed E-state index contributed by atoms with van der Waals surface area (Å²) in [4.78, 5) is 10.9. The molecule has 1 saturated heterocycles. The van der Waals surface area contributed by atoms with Gasteiger partial charge in [-0.3, -0.25) is 0 Å². The smallest absolute Gasteiger partial charge is 0.220 e. The van der Waals surface area contributed by atoms with Gasteiger partial charge in [0.1, 0.15) is 5.60 Å². The summed E-state index contributed by atoms with van der Waals surface area (Å²) in [6.07, 6.45) is 9.56. The number of likely N-dealkylation sites (tertiary alicyclic amines) is 1. The van der Waals surface area contributed by atoms with Gasteiger partial charge < -0.3 is 15.7 Å². The number of piperidine rings is 1. The quantitative estimate of drug-likeness (QED) is 0.668. The summed E-state index contributed by atoms with van der Waals surface area (Å²) < 4.78 is 0. The Morgan fingerprint density at radius 2 is 1.90 bits per heavy atom. The van der Waals surface area contributed by atoms with Crippen molar-refractivity contribution in [2.75, 3.05) is 25.9 Å². The molecule has 31 heavy (non-hydrogen) atoms. The normalized spacial score (nSPS) is 21.5. The van der Waals surface area contributed by atoms with Crippen LogP contribution in [-0.4, -0.2) is 45.7 Å². The predicted molar refractivity (Wildman–Crippen MR) is 124 cm³/mol. The number of nitrogens with zero attached hydrogens (tertiary/aromatic N) is 3.